The van der Waals surface area contributed by atoms with Gasteiger partial charge in [-0.15, -0.1) is 0 Å². The van der Waals surface area contributed by atoms with Crippen molar-refractivity contribution in [1.29, 1.82) is 5.41 Å². The van der Waals surface area contributed by atoms with Gasteiger partial charge in [-0.3, -0.25) is 0 Å². The van der Waals surface area contributed by atoms with Crippen molar-refractivity contribution < 1.29 is 0 Å². The van der Waals surface area contributed by atoms with Crippen LogP contribution in [0.2, 0.25) is 0 Å². The summed E-state index contributed by atoms with van der Waals surface area (Å²) in [7, 11) is 0. The van der Waals surface area contributed by atoms with Crippen LogP contribution in [0.3, 0.4) is 0 Å². The molecular weight excluding hydrogens is 182 g/mol. The van der Waals surface area contributed by atoms with Crippen molar-refractivity contribution in [3.63, 3.8) is 0 Å². The van der Waals surface area contributed by atoms with E-state index in [9.17, 15) is 0 Å². The van der Waals surface area contributed by atoms with Crippen molar-refractivity contribution in [2.24, 2.45) is 17.3 Å². The van der Waals surface area contributed by atoms with Crippen LogP contribution in [0.4, 0.5) is 0 Å². The molecule has 1 N–H and O–H groups in total. The predicted octanol–water partition coefficient (Wildman–Crippen LogP) is 4.90. The molecule has 0 saturated heterocycles. The Bertz CT molecular complexity index is 192. The number of rotatable bonds is 7. The van der Waals surface area contributed by atoms with Gasteiger partial charge in [0.25, 0.3) is 0 Å². The van der Waals surface area contributed by atoms with E-state index >= 15 is 0 Å². The Balaban J connectivity index is 3.90. The zero-order valence-electron chi connectivity index (χ0n) is 11.5. The first-order valence-electron chi connectivity index (χ1n) is 6.35. The van der Waals surface area contributed by atoms with Crippen molar-refractivity contribution >= 4 is 5.71 Å². The molecule has 1 unspecified atom stereocenters. The van der Waals surface area contributed by atoms with E-state index < -0.39 is 0 Å². The van der Waals surface area contributed by atoms with Gasteiger partial charge in [-0.2, -0.15) is 0 Å². The van der Waals surface area contributed by atoms with Crippen LogP contribution in [0.25, 0.3) is 0 Å². The minimum absolute atomic E-state index is 0.429. The third-order valence-corrected chi connectivity index (χ3v) is 3.78. The van der Waals surface area contributed by atoms with E-state index in [2.05, 4.69) is 41.5 Å². The van der Waals surface area contributed by atoms with Crippen molar-refractivity contribution in [1.82, 2.24) is 0 Å². The molecule has 0 aliphatic heterocycles. The number of nitrogens with one attached hydrogen (secondary N) is 1. The van der Waals surface area contributed by atoms with Crippen molar-refractivity contribution in [3.05, 3.63) is 0 Å². The lowest BCUT2D eigenvalue weighted by molar-refractivity contribution is 0.211. The summed E-state index contributed by atoms with van der Waals surface area (Å²) >= 11 is 0. The van der Waals surface area contributed by atoms with E-state index in [1.807, 2.05) is 0 Å². The van der Waals surface area contributed by atoms with Crippen LogP contribution < -0.4 is 0 Å². The summed E-state index contributed by atoms with van der Waals surface area (Å²) < 4.78 is 0. The highest BCUT2D eigenvalue weighted by Crippen LogP contribution is 2.33. The largest absolute Gasteiger partial charge is 0.310 e. The third-order valence-electron chi connectivity index (χ3n) is 3.78. The standard InChI is InChI=1S/C14H29N/c1-7-14(5,6)12(4)8-9-13(15)10-11(2)3/h11-12,15H,7-10H2,1-6H3. The lowest BCUT2D eigenvalue weighted by Crippen LogP contribution is -2.21. The molecule has 1 atom stereocenters. The van der Waals surface area contributed by atoms with Gasteiger partial charge in [-0.25, -0.2) is 0 Å². The molecule has 0 amide bonds. The van der Waals surface area contributed by atoms with Gasteiger partial charge in [0.05, 0.1) is 0 Å². The zero-order valence-corrected chi connectivity index (χ0v) is 11.5. The van der Waals surface area contributed by atoms with Crippen molar-refractivity contribution in [2.75, 3.05) is 0 Å². The second-order valence-electron chi connectivity index (χ2n) is 5.98. The van der Waals surface area contributed by atoms with E-state index in [-0.39, 0.29) is 0 Å². The quantitative estimate of drug-likeness (QED) is 0.579. The molecule has 0 rings (SSSR count). The molecule has 15 heavy (non-hydrogen) atoms. The van der Waals surface area contributed by atoms with E-state index in [0.717, 1.165) is 24.5 Å². The summed E-state index contributed by atoms with van der Waals surface area (Å²) in [5, 5.41) is 7.87. The minimum atomic E-state index is 0.429. The second kappa shape index (κ2) is 6.30. The van der Waals surface area contributed by atoms with Crippen molar-refractivity contribution in [3.8, 4) is 0 Å². The van der Waals surface area contributed by atoms with Crippen LogP contribution >= 0.6 is 0 Å². The van der Waals surface area contributed by atoms with Gasteiger partial charge in [0.15, 0.2) is 0 Å². The van der Waals surface area contributed by atoms with E-state index in [4.69, 9.17) is 5.41 Å². The van der Waals surface area contributed by atoms with Crippen molar-refractivity contribution in [2.45, 2.75) is 67.2 Å². The first kappa shape index (κ1) is 14.7. The maximum atomic E-state index is 7.87. The highest BCUT2D eigenvalue weighted by molar-refractivity contribution is 5.81. The molecule has 0 spiro atoms. The summed E-state index contributed by atoms with van der Waals surface area (Å²) in [5.74, 6) is 1.35. The summed E-state index contributed by atoms with van der Waals surface area (Å²) in [6.45, 7) is 13.6. The first-order chi connectivity index (χ1) is 6.79. The maximum Gasteiger partial charge on any atom is 0.00918 e. The Morgan fingerprint density at radius 2 is 1.73 bits per heavy atom. The van der Waals surface area contributed by atoms with Gasteiger partial charge >= 0.3 is 0 Å². The van der Waals surface area contributed by atoms with E-state index in [1.54, 1.807) is 0 Å². The molecule has 0 aromatic carbocycles. The third kappa shape index (κ3) is 5.96. The molecule has 0 bridgehead atoms. The van der Waals surface area contributed by atoms with E-state index in [0.29, 0.717) is 11.3 Å². The SMILES string of the molecule is CCC(C)(C)C(C)CCC(=N)CC(C)C. The highest BCUT2D eigenvalue weighted by Gasteiger charge is 2.23. The van der Waals surface area contributed by atoms with Gasteiger partial charge in [0, 0.05) is 5.71 Å². The molecule has 0 aromatic heterocycles. The molecule has 0 aliphatic carbocycles. The number of hydrogen-bond donors (Lipinski definition) is 1. The Morgan fingerprint density at radius 3 is 2.13 bits per heavy atom. The van der Waals surface area contributed by atoms with Gasteiger partial charge in [0.2, 0.25) is 0 Å². The fraction of sp³-hybridized carbons (Fsp3) is 0.929. The van der Waals surface area contributed by atoms with Crippen LogP contribution in [0, 0.1) is 22.7 Å². The molecule has 0 aliphatic rings. The summed E-state index contributed by atoms with van der Waals surface area (Å²) in [6, 6.07) is 0. The fourth-order valence-corrected chi connectivity index (χ4v) is 1.72. The normalized spacial score (nSPS) is 14.3. The minimum Gasteiger partial charge on any atom is -0.310 e. The fourth-order valence-electron chi connectivity index (χ4n) is 1.72. The summed E-state index contributed by atoms with van der Waals surface area (Å²) in [4.78, 5) is 0. The van der Waals surface area contributed by atoms with Gasteiger partial charge in [-0.05, 0) is 36.5 Å². The van der Waals surface area contributed by atoms with Gasteiger partial charge in [0.1, 0.15) is 0 Å². The van der Waals surface area contributed by atoms with Crippen LogP contribution in [0.15, 0.2) is 0 Å². The molecule has 0 fully saturated rings. The Morgan fingerprint density at radius 1 is 1.20 bits per heavy atom. The molecule has 1 nitrogen and oxygen atoms in total. The molecule has 0 heterocycles. The molecule has 1 heteroatoms. The van der Waals surface area contributed by atoms with Crippen LogP contribution in [0.5, 0.6) is 0 Å². The lowest BCUT2D eigenvalue weighted by Gasteiger charge is -2.30. The number of hydrogen-bond acceptors (Lipinski definition) is 1. The Labute approximate surface area is 96.2 Å². The Hall–Kier alpha value is -0.330. The highest BCUT2D eigenvalue weighted by atomic mass is 14.4. The topological polar surface area (TPSA) is 23.9 Å². The molecule has 0 saturated carbocycles. The first-order valence-corrected chi connectivity index (χ1v) is 6.35. The molecular formula is C14H29N. The summed E-state index contributed by atoms with van der Waals surface area (Å²) in [6.07, 6.45) is 4.36. The smallest absolute Gasteiger partial charge is 0.00918 e. The second-order valence-corrected chi connectivity index (χ2v) is 5.98. The maximum absolute atomic E-state index is 7.87. The van der Waals surface area contributed by atoms with Crippen LogP contribution in [0.1, 0.15) is 67.2 Å². The average molecular weight is 211 g/mol. The molecule has 0 radical (unpaired) electrons. The predicted molar refractivity (Wildman–Crippen MR) is 69.7 cm³/mol. The average Bonchev–Trinajstić information content (AvgIpc) is 2.13. The summed E-state index contributed by atoms with van der Waals surface area (Å²) in [5.41, 5.74) is 1.36. The van der Waals surface area contributed by atoms with E-state index in [1.165, 1.54) is 12.8 Å². The molecule has 90 valence electrons. The van der Waals surface area contributed by atoms with Crippen LogP contribution in [-0.4, -0.2) is 5.71 Å². The lowest BCUT2D eigenvalue weighted by atomic mass is 9.75. The zero-order chi connectivity index (χ0) is 12.1. The molecule has 0 aromatic rings. The monoisotopic (exact) mass is 211 g/mol. The van der Waals surface area contributed by atoms with Crippen LogP contribution in [-0.2, 0) is 0 Å². The van der Waals surface area contributed by atoms with Gasteiger partial charge < -0.3 is 5.41 Å². The Kier molecular flexibility index (Phi) is 6.16. The van der Waals surface area contributed by atoms with Gasteiger partial charge in [-0.1, -0.05) is 48.0 Å².